The second-order valence-electron chi connectivity index (χ2n) is 5.16. The Kier molecular flexibility index (Phi) is 4.24. The van der Waals surface area contributed by atoms with Gasteiger partial charge in [-0.3, -0.25) is 4.79 Å². The van der Waals surface area contributed by atoms with Crippen LogP contribution in [0.15, 0.2) is 0 Å². The van der Waals surface area contributed by atoms with E-state index >= 15 is 0 Å². The Morgan fingerprint density at radius 1 is 1.44 bits per heavy atom. The molecular weight excluding hydrogens is 216 g/mol. The van der Waals surface area contributed by atoms with Gasteiger partial charge in [-0.1, -0.05) is 20.8 Å². The van der Waals surface area contributed by atoms with E-state index < -0.39 is 18.1 Å². The summed E-state index contributed by atoms with van der Waals surface area (Å²) >= 11 is 0. The van der Waals surface area contributed by atoms with Crippen LogP contribution in [0.5, 0.6) is 0 Å². The smallest absolute Gasteiger partial charge is 0.340 e. The van der Waals surface area contributed by atoms with Crippen LogP contribution in [0.3, 0.4) is 0 Å². The zero-order valence-corrected chi connectivity index (χ0v) is 10.0. The minimum Gasteiger partial charge on any atom is -0.340 e. The molecular formula is C11H19F2NO2. The topological polar surface area (TPSA) is 29.5 Å². The molecule has 1 amide bonds. The van der Waals surface area contributed by atoms with Gasteiger partial charge in [0.15, 0.2) is 0 Å². The Balaban J connectivity index is 2.54. The lowest BCUT2D eigenvalue weighted by Crippen LogP contribution is -2.47. The number of amides is 1. The highest BCUT2D eigenvalue weighted by Gasteiger charge is 2.32. The predicted molar refractivity (Wildman–Crippen MR) is 56.1 cm³/mol. The molecule has 0 aliphatic carbocycles. The Hall–Kier alpha value is -0.710. The third-order valence-electron chi connectivity index (χ3n) is 2.60. The molecule has 1 rings (SSSR count). The quantitative estimate of drug-likeness (QED) is 0.734. The summed E-state index contributed by atoms with van der Waals surface area (Å²) in [7, 11) is 0. The van der Waals surface area contributed by atoms with Crippen molar-refractivity contribution < 1.29 is 18.3 Å². The summed E-state index contributed by atoms with van der Waals surface area (Å²) in [5.74, 6) is -0.00457. The Morgan fingerprint density at radius 2 is 2.06 bits per heavy atom. The number of rotatable bonds is 2. The molecule has 1 heterocycles. The fraction of sp³-hybridized carbons (Fsp3) is 0.909. The summed E-state index contributed by atoms with van der Waals surface area (Å²) in [6.45, 7) is 3.64. The van der Waals surface area contributed by atoms with Gasteiger partial charge in [0.2, 0.25) is 5.91 Å². The van der Waals surface area contributed by atoms with Gasteiger partial charge in [0.25, 0.3) is 0 Å². The van der Waals surface area contributed by atoms with Gasteiger partial charge in [-0.2, -0.15) is 8.78 Å². The molecule has 5 heteroatoms. The van der Waals surface area contributed by atoms with Gasteiger partial charge in [-0.25, -0.2) is 0 Å². The van der Waals surface area contributed by atoms with Crippen molar-refractivity contribution in [2.24, 2.45) is 5.41 Å². The second-order valence-corrected chi connectivity index (χ2v) is 5.16. The number of halogens is 2. The molecule has 94 valence electrons. The van der Waals surface area contributed by atoms with Crippen LogP contribution < -0.4 is 0 Å². The molecule has 1 aliphatic heterocycles. The van der Waals surface area contributed by atoms with Crippen molar-refractivity contribution in [2.75, 3.05) is 13.1 Å². The maximum Gasteiger partial charge on any atom is 0.345 e. The van der Waals surface area contributed by atoms with Crippen molar-refractivity contribution in [1.82, 2.24) is 4.90 Å². The summed E-state index contributed by atoms with van der Waals surface area (Å²) in [6.07, 6.45) is 0.789. The number of likely N-dealkylation sites (tertiary alicyclic amines) is 1. The largest absolute Gasteiger partial charge is 0.345 e. The maximum absolute atomic E-state index is 12.1. The van der Waals surface area contributed by atoms with Crippen LogP contribution in [-0.2, 0) is 9.53 Å². The molecule has 0 N–H and O–H groups in total. The lowest BCUT2D eigenvalue weighted by Gasteiger charge is -2.36. The van der Waals surface area contributed by atoms with Crippen LogP contribution in [-0.4, -0.2) is 36.6 Å². The van der Waals surface area contributed by atoms with Crippen molar-refractivity contribution in [2.45, 2.75) is 46.3 Å². The normalized spacial score (nSPS) is 22.6. The summed E-state index contributed by atoms with van der Waals surface area (Å²) in [6, 6.07) is 0. The third kappa shape index (κ3) is 3.70. The van der Waals surface area contributed by atoms with Crippen molar-refractivity contribution in [3.63, 3.8) is 0 Å². The second kappa shape index (κ2) is 5.08. The van der Waals surface area contributed by atoms with Crippen LogP contribution in [0.4, 0.5) is 8.78 Å². The minimum absolute atomic E-state index is 0.00457. The first-order valence-corrected chi connectivity index (χ1v) is 5.53. The summed E-state index contributed by atoms with van der Waals surface area (Å²) in [4.78, 5) is 13.6. The molecule has 1 fully saturated rings. The van der Waals surface area contributed by atoms with Gasteiger partial charge in [0.1, 0.15) is 0 Å². The van der Waals surface area contributed by atoms with Gasteiger partial charge < -0.3 is 9.64 Å². The summed E-state index contributed by atoms with van der Waals surface area (Å²) < 4.78 is 28.6. The van der Waals surface area contributed by atoms with Crippen LogP contribution in [0.25, 0.3) is 0 Å². The summed E-state index contributed by atoms with van der Waals surface area (Å²) in [5, 5.41) is 0. The first-order chi connectivity index (χ1) is 7.30. The fourth-order valence-corrected chi connectivity index (χ4v) is 1.85. The van der Waals surface area contributed by atoms with E-state index in [2.05, 4.69) is 4.74 Å². The van der Waals surface area contributed by atoms with E-state index in [0.717, 1.165) is 6.42 Å². The van der Waals surface area contributed by atoms with E-state index in [0.29, 0.717) is 13.0 Å². The highest BCUT2D eigenvalue weighted by molar-refractivity contribution is 5.81. The molecule has 0 saturated carbocycles. The number of nitrogens with zero attached hydrogens (tertiary/aromatic N) is 1. The maximum atomic E-state index is 12.1. The van der Waals surface area contributed by atoms with Crippen LogP contribution in [0, 0.1) is 5.41 Å². The van der Waals surface area contributed by atoms with E-state index in [1.807, 2.05) is 20.8 Å². The number of hydrogen-bond acceptors (Lipinski definition) is 2. The van der Waals surface area contributed by atoms with E-state index in [1.165, 1.54) is 0 Å². The number of ether oxygens (including phenoxy) is 1. The average molecular weight is 235 g/mol. The molecule has 3 nitrogen and oxygen atoms in total. The highest BCUT2D eigenvalue weighted by atomic mass is 19.3. The van der Waals surface area contributed by atoms with Crippen molar-refractivity contribution in [1.29, 1.82) is 0 Å². The number of carbonyl (C=O) groups is 1. The molecule has 1 saturated heterocycles. The van der Waals surface area contributed by atoms with Crippen LogP contribution in [0.2, 0.25) is 0 Å². The lowest BCUT2D eigenvalue weighted by molar-refractivity contribution is -0.179. The van der Waals surface area contributed by atoms with Crippen LogP contribution in [0.1, 0.15) is 33.6 Å². The molecule has 1 unspecified atom stereocenters. The molecule has 1 atom stereocenters. The zero-order chi connectivity index (χ0) is 12.3. The number of alkyl halides is 2. The molecule has 0 radical (unpaired) electrons. The standard InChI is InChI=1S/C11H19F2NO2/c1-11(2,3)9(15)14-6-4-5-8(7-14)16-10(12)13/h8,10H,4-7H2,1-3H3. The average Bonchev–Trinajstić information content (AvgIpc) is 2.14. The number of carbonyl (C=O) groups excluding carboxylic acids is 1. The predicted octanol–water partition coefficient (Wildman–Crippen LogP) is 2.26. The van der Waals surface area contributed by atoms with Crippen molar-refractivity contribution in [3.05, 3.63) is 0 Å². The summed E-state index contributed by atoms with van der Waals surface area (Å²) in [5.41, 5.74) is -0.466. The molecule has 0 aromatic carbocycles. The number of hydrogen-bond donors (Lipinski definition) is 0. The Morgan fingerprint density at radius 3 is 2.56 bits per heavy atom. The first-order valence-electron chi connectivity index (χ1n) is 5.53. The molecule has 0 aromatic heterocycles. The Bertz CT molecular complexity index is 251. The van der Waals surface area contributed by atoms with Gasteiger partial charge >= 0.3 is 6.61 Å². The fourth-order valence-electron chi connectivity index (χ4n) is 1.85. The number of piperidine rings is 1. The van der Waals surface area contributed by atoms with Gasteiger partial charge in [0, 0.05) is 18.5 Å². The van der Waals surface area contributed by atoms with E-state index in [4.69, 9.17) is 0 Å². The van der Waals surface area contributed by atoms with E-state index in [1.54, 1.807) is 4.90 Å². The van der Waals surface area contributed by atoms with Crippen molar-refractivity contribution in [3.8, 4) is 0 Å². The van der Waals surface area contributed by atoms with E-state index in [-0.39, 0.29) is 12.5 Å². The Labute approximate surface area is 94.7 Å². The van der Waals surface area contributed by atoms with Gasteiger partial charge in [-0.15, -0.1) is 0 Å². The van der Waals surface area contributed by atoms with Gasteiger partial charge in [0.05, 0.1) is 6.10 Å². The first kappa shape index (κ1) is 13.4. The van der Waals surface area contributed by atoms with E-state index in [9.17, 15) is 13.6 Å². The minimum atomic E-state index is -2.75. The van der Waals surface area contributed by atoms with Gasteiger partial charge in [-0.05, 0) is 12.8 Å². The molecule has 1 aliphatic rings. The third-order valence-corrected chi connectivity index (χ3v) is 2.60. The molecule has 16 heavy (non-hydrogen) atoms. The lowest BCUT2D eigenvalue weighted by atomic mass is 9.93. The zero-order valence-electron chi connectivity index (χ0n) is 10.0. The molecule has 0 bridgehead atoms. The van der Waals surface area contributed by atoms with Crippen LogP contribution >= 0.6 is 0 Å². The van der Waals surface area contributed by atoms with Crippen molar-refractivity contribution >= 4 is 5.91 Å². The molecule has 0 spiro atoms. The monoisotopic (exact) mass is 235 g/mol. The highest BCUT2D eigenvalue weighted by Crippen LogP contribution is 2.22. The SMILES string of the molecule is CC(C)(C)C(=O)N1CCCC(OC(F)F)C1. The molecule has 0 aromatic rings.